The first-order valence-electron chi connectivity index (χ1n) is 7.85. The summed E-state index contributed by atoms with van der Waals surface area (Å²) in [6.07, 6.45) is 1.98. The number of methoxy groups -OCH3 is 1. The fourth-order valence-corrected chi connectivity index (χ4v) is 4.08. The van der Waals surface area contributed by atoms with Gasteiger partial charge in [-0.2, -0.15) is 4.31 Å². The van der Waals surface area contributed by atoms with Gasteiger partial charge in [0.15, 0.2) is 0 Å². The molecule has 1 aliphatic rings. The molecule has 128 valence electrons. The zero-order valence-corrected chi connectivity index (χ0v) is 14.5. The highest BCUT2D eigenvalue weighted by molar-refractivity contribution is 7.89. The van der Waals surface area contributed by atoms with Crippen molar-refractivity contribution >= 4 is 15.9 Å². The minimum Gasteiger partial charge on any atom is -0.375 e. The second-order valence-electron chi connectivity index (χ2n) is 5.61. The number of hydrogen-bond acceptors (Lipinski definition) is 4. The zero-order valence-electron chi connectivity index (χ0n) is 13.7. The Labute approximate surface area is 138 Å². The largest absolute Gasteiger partial charge is 0.375 e. The van der Waals surface area contributed by atoms with Gasteiger partial charge in [-0.05, 0) is 24.1 Å². The smallest absolute Gasteiger partial charge is 0.248 e. The number of piperazine rings is 1. The van der Waals surface area contributed by atoms with E-state index in [9.17, 15) is 13.2 Å². The van der Waals surface area contributed by atoms with Gasteiger partial charge in [-0.25, -0.2) is 8.42 Å². The second-order valence-corrected chi connectivity index (χ2v) is 7.55. The van der Waals surface area contributed by atoms with Gasteiger partial charge in [-0.15, -0.1) is 0 Å². The summed E-state index contributed by atoms with van der Waals surface area (Å²) in [5.41, 5.74) is 1.14. The Hall–Kier alpha value is -1.44. The van der Waals surface area contributed by atoms with Crippen molar-refractivity contribution in [3.8, 4) is 0 Å². The molecule has 1 aromatic rings. The number of amides is 1. The predicted octanol–water partition coefficient (Wildman–Crippen LogP) is 1.12. The highest BCUT2D eigenvalue weighted by Crippen LogP contribution is 2.19. The number of benzene rings is 1. The standard InChI is InChI=1S/C16H24N2O4S/c1-3-4-14-5-7-15(8-6-14)23(20,21)18-11-9-17(10-12-18)16(19)13-22-2/h5-8H,3-4,9-13H2,1-2H3. The maximum Gasteiger partial charge on any atom is 0.248 e. The van der Waals surface area contributed by atoms with Gasteiger partial charge in [0.1, 0.15) is 6.61 Å². The van der Waals surface area contributed by atoms with E-state index < -0.39 is 10.0 Å². The van der Waals surface area contributed by atoms with E-state index in [1.165, 1.54) is 11.4 Å². The highest BCUT2D eigenvalue weighted by atomic mass is 32.2. The molecule has 0 saturated carbocycles. The van der Waals surface area contributed by atoms with Crippen LogP contribution in [0.5, 0.6) is 0 Å². The fourth-order valence-electron chi connectivity index (χ4n) is 2.66. The molecule has 23 heavy (non-hydrogen) atoms. The molecule has 0 N–H and O–H groups in total. The summed E-state index contributed by atoms with van der Waals surface area (Å²) < 4.78 is 31.6. The molecule has 0 atom stereocenters. The molecular formula is C16H24N2O4S. The van der Waals surface area contributed by atoms with Crippen molar-refractivity contribution in [2.75, 3.05) is 39.9 Å². The first-order valence-corrected chi connectivity index (χ1v) is 9.29. The van der Waals surface area contributed by atoms with Gasteiger partial charge < -0.3 is 9.64 Å². The number of aryl methyl sites for hydroxylation is 1. The van der Waals surface area contributed by atoms with E-state index in [2.05, 4.69) is 6.92 Å². The molecule has 1 amide bonds. The number of rotatable bonds is 6. The summed E-state index contributed by atoms with van der Waals surface area (Å²) in [6.45, 7) is 3.55. The number of nitrogens with zero attached hydrogens (tertiary/aromatic N) is 2. The van der Waals surface area contributed by atoms with Crippen LogP contribution in [0.3, 0.4) is 0 Å². The van der Waals surface area contributed by atoms with Crippen molar-refractivity contribution in [1.82, 2.24) is 9.21 Å². The van der Waals surface area contributed by atoms with Crippen molar-refractivity contribution in [3.63, 3.8) is 0 Å². The molecular weight excluding hydrogens is 316 g/mol. The molecule has 0 aliphatic carbocycles. The Kier molecular flexibility index (Phi) is 6.15. The third-order valence-electron chi connectivity index (χ3n) is 3.96. The topological polar surface area (TPSA) is 66.9 Å². The minimum atomic E-state index is -3.49. The lowest BCUT2D eigenvalue weighted by atomic mass is 10.1. The number of sulfonamides is 1. The van der Waals surface area contributed by atoms with Gasteiger partial charge in [-0.3, -0.25) is 4.79 Å². The zero-order chi connectivity index (χ0) is 16.9. The second kappa shape index (κ2) is 7.90. The molecule has 0 radical (unpaired) electrons. The summed E-state index contributed by atoms with van der Waals surface area (Å²) >= 11 is 0. The highest BCUT2D eigenvalue weighted by Gasteiger charge is 2.29. The summed E-state index contributed by atoms with van der Waals surface area (Å²) in [5, 5.41) is 0. The van der Waals surface area contributed by atoms with Crippen LogP contribution in [-0.2, 0) is 26.0 Å². The first kappa shape index (κ1) is 17.9. The SMILES string of the molecule is CCCc1ccc(S(=O)(=O)N2CCN(C(=O)COC)CC2)cc1. The van der Waals surface area contributed by atoms with Crippen LogP contribution in [-0.4, -0.2) is 63.4 Å². The molecule has 1 aromatic carbocycles. The Balaban J connectivity index is 2.02. The lowest BCUT2D eigenvalue weighted by molar-refractivity contribution is -0.136. The number of carbonyl (C=O) groups is 1. The molecule has 0 spiro atoms. The summed E-state index contributed by atoms with van der Waals surface area (Å²) in [7, 11) is -2.02. The maximum absolute atomic E-state index is 12.7. The van der Waals surface area contributed by atoms with Crippen LogP contribution < -0.4 is 0 Å². The van der Waals surface area contributed by atoms with Gasteiger partial charge in [0, 0.05) is 33.3 Å². The molecule has 0 bridgehead atoms. The third-order valence-corrected chi connectivity index (χ3v) is 5.87. The summed E-state index contributed by atoms with van der Waals surface area (Å²) in [6, 6.07) is 7.08. The van der Waals surface area contributed by atoms with Crippen LogP contribution in [0.4, 0.5) is 0 Å². The van der Waals surface area contributed by atoms with E-state index in [0.29, 0.717) is 31.1 Å². The Morgan fingerprint density at radius 3 is 2.26 bits per heavy atom. The van der Waals surface area contributed by atoms with Crippen molar-refractivity contribution in [3.05, 3.63) is 29.8 Å². The van der Waals surface area contributed by atoms with Gasteiger partial charge in [-0.1, -0.05) is 25.5 Å². The molecule has 0 aromatic heterocycles. The molecule has 6 nitrogen and oxygen atoms in total. The molecule has 1 aliphatic heterocycles. The number of ether oxygens (including phenoxy) is 1. The van der Waals surface area contributed by atoms with Crippen LogP contribution in [0.25, 0.3) is 0 Å². The van der Waals surface area contributed by atoms with E-state index in [1.807, 2.05) is 12.1 Å². The fraction of sp³-hybridized carbons (Fsp3) is 0.562. The molecule has 2 rings (SSSR count). The van der Waals surface area contributed by atoms with Crippen LogP contribution in [0, 0.1) is 0 Å². The Morgan fingerprint density at radius 2 is 1.74 bits per heavy atom. The monoisotopic (exact) mass is 340 g/mol. The third kappa shape index (κ3) is 4.31. The van der Waals surface area contributed by atoms with Crippen molar-refractivity contribution in [1.29, 1.82) is 0 Å². The molecule has 1 saturated heterocycles. The molecule has 7 heteroatoms. The van der Waals surface area contributed by atoms with Crippen LogP contribution >= 0.6 is 0 Å². The van der Waals surface area contributed by atoms with Crippen molar-refractivity contribution in [2.45, 2.75) is 24.7 Å². The molecule has 1 fully saturated rings. The van der Waals surface area contributed by atoms with E-state index in [1.54, 1.807) is 17.0 Å². The molecule has 1 heterocycles. The lowest BCUT2D eigenvalue weighted by Gasteiger charge is -2.33. The van der Waals surface area contributed by atoms with E-state index >= 15 is 0 Å². The Morgan fingerprint density at radius 1 is 1.13 bits per heavy atom. The van der Waals surface area contributed by atoms with E-state index in [4.69, 9.17) is 4.74 Å². The summed E-state index contributed by atoms with van der Waals surface area (Å²) in [4.78, 5) is 13.7. The number of hydrogen-bond donors (Lipinski definition) is 0. The quantitative estimate of drug-likeness (QED) is 0.778. The average molecular weight is 340 g/mol. The number of carbonyl (C=O) groups excluding carboxylic acids is 1. The Bertz CT molecular complexity index is 620. The van der Waals surface area contributed by atoms with E-state index in [-0.39, 0.29) is 12.5 Å². The predicted molar refractivity (Wildman–Crippen MR) is 87.7 cm³/mol. The lowest BCUT2D eigenvalue weighted by Crippen LogP contribution is -2.51. The van der Waals surface area contributed by atoms with E-state index in [0.717, 1.165) is 18.4 Å². The minimum absolute atomic E-state index is 0.0334. The van der Waals surface area contributed by atoms with Crippen LogP contribution in [0.2, 0.25) is 0 Å². The van der Waals surface area contributed by atoms with Gasteiger partial charge in [0.25, 0.3) is 0 Å². The summed E-state index contributed by atoms with van der Waals surface area (Å²) in [5.74, 6) is -0.103. The van der Waals surface area contributed by atoms with Gasteiger partial charge in [0.2, 0.25) is 15.9 Å². The maximum atomic E-state index is 12.7. The van der Waals surface area contributed by atoms with Crippen molar-refractivity contribution < 1.29 is 17.9 Å². The van der Waals surface area contributed by atoms with Crippen LogP contribution in [0.1, 0.15) is 18.9 Å². The molecule has 0 unspecified atom stereocenters. The van der Waals surface area contributed by atoms with Crippen molar-refractivity contribution in [2.24, 2.45) is 0 Å². The first-order chi connectivity index (χ1) is 11.0. The average Bonchev–Trinajstić information content (AvgIpc) is 2.56. The van der Waals surface area contributed by atoms with Gasteiger partial charge >= 0.3 is 0 Å². The van der Waals surface area contributed by atoms with Crippen LogP contribution in [0.15, 0.2) is 29.2 Å². The normalized spacial score (nSPS) is 16.5. The van der Waals surface area contributed by atoms with Gasteiger partial charge in [0.05, 0.1) is 4.90 Å².